The number of carbonyl (C=O) groups excluding carboxylic acids is 2. The zero-order valence-electron chi connectivity index (χ0n) is 15.0. The minimum absolute atomic E-state index is 0.0222. The van der Waals surface area contributed by atoms with Gasteiger partial charge in [-0.3, -0.25) is 9.69 Å². The fourth-order valence-corrected chi connectivity index (χ4v) is 3.12. The Morgan fingerprint density at radius 3 is 2.50 bits per heavy atom. The molecule has 136 valence electrons. The lowest BCUT2D eigenvalue weighted by molar-refractivity contribution is -0.117. The van der Waals surface area contributed by atoms with Gasteiger partial charge in [0, 0.05) is 30.9 Å². The molecule has 0 aromatic heterocycles. The second-order valence-corrected chi connectivity index (χ2v) is 6.13. The van der Waals surface area contributed by atoms with Gasteiger partial charge in [0.15, 0.2) is 0 Å². The van der Waals surface area contributed by atoms with Gasteiger partial charge in [0.1, 0.15) is 5.75 Å². The number of rotatable bonds is 5. The Morgan fingerprint density at radius 1 is 1.19 bits per heavy atom. The van der Waals surface area contributed by atoms with Gasteiger partial charge in [-0.2, -0.15) is 0 Å². The first-order valence-corrected chi connectivity index (χ1v) is 8.70. The maximum absolute atomic E-state index is 12.7. The Kier molecular flexibility index (Phi) is 5.41. The lowest BCUT2D eigenvalue weighted by Gasteiger charge is -2.24. The van der Waals surface area contributed by atoms with E-state index in [1.165, 1.54) is 0 Å². The van der Waals surface area contributed by atoms with Crippen LogP contribution in [0.2, 0.25) is 0 Å². The molecule has 0 spiro atoms. The van der Waals surface area contributed by atoms with Crippen molar-refractivity contribution in [3.05, 3.63) is 54.6 Å². The highest BCUT2D eigenvalue weighted by molar-refractivity contribution is 5.98. The summed E-state index contributed by atoms with van der Waals surface area (Å²) in [5, 5.41) is 2.98. The van der Waals surface area contributed by atoms with Gasteiger partial charge in [-0.1, -0.05) is 18.2 Å². The summed E-state index contributed by atoms with van der Waals surface area (Å²) >= 11 is 0. The Balaban J connectivity index is 1.65. The van der Waals surface area contributed by atoms with E-state index in [0.29, 0.717) is 19.5 Å². The molecule has 3 rings (SSSR count). The molecule has 1 atom stereocenters. The Hall–Kier alpha value is -3.02. The van der Waals surface area contributed by atoms with Crippen molar-refractivity contribution in [3.8, 4) is 5.75 Å². The number of anilines is 2. The third-order valence-electron chi connectivity index (χ3n) is 4.47. The number of nitrogens with one attached hydrogen (secondary N) is 1. The molecule has 0 radical (unpaired) electrons. The highest BCUT2D eigenvalue weighted by Gasteiger charge is 2.32. The number of hydrogen-bond donors (Lipinski definition) is 1. The monoisotopic (exact) mass is 353 g/mol. The van der Waals surface area contributed by atoms with Crippen molar-refractivity contribution in [2.75, 3.05) is 30.0 Å². The van der Waals surface area contributed by atoms with Crippen LogP contribution in [-0.4, -0.2) is 38.2 Å². The summed E-state index contributed by atoms with van der Waals surface area (Å²) in [5.74, 6) is 0.763. The number of ether oxygens (including phenoxy) is 1. The van der Waals surface area contributed by atoms with Crippen LogP contribution in [-0.2, 0) is 4.79 Å². The topological polar surface area (TPSA) is 61.9 Å². The van der Waals surface area contributed by atoms with Gasteiger partial charge < -0.3 is 15.0 Å². The summed E-state index contributed by atoms with van der Waals surface area (Å²) in [4.78, 5) is 28.3. The van der Waals surface area contributed by atoms with Crippen molar-refractivity contribution in [1.82, 2.24) is 5.32 Å². The van der Waals surface area contributed by atoms with Crippen LogP contribution in [0.3, 0.4) is 0 Å². The zero-order chi connectivity index (χ0) is 18.5. The predicted molar refractivity (Wildman–Crippen MR) is 102 cm³/mol. The van der Waals surface area contributed by atoms with Crippen LogP contribution in [0.1, 0.15) is 13.3 Å². The molecule has 6 heteroatoms. The third kappa shape index (κ3) is 3.79. The number of benzene rings is 2. The van der Waals surface area contributed by atoms with Crippen LogP contribution in [0, 0.1) is 0 Å². The Bertz CT molecular complexity index is 762. The number of amides is 3. The molecule has 1 fully saturated rings. The van der Waals surface area contributed by atoms with E-state index >= 15 is 0 Å². The Labute approximate surface area is 153 Å². The van der Waals surface area contributed by atoms with E-state index in [1.807, 2.05) is 61.5 Å². The molecular formula is C20H23N3O3. The SMILES string of the molecule is CCN(C(=O)N[C@H]1CC(=O)N(c2ccccc2)C1)c1ccc(OC)cc1. The molecule has 2 aromatic carbocycles. The summed E-state index contributed by atoms with van der Waals surface area (Å²) in [5.41, 5.74) is 1.65. The summed E-state index contributed by atoms with van der Waals surface area (Å²) in [6.07, 6.45) is 0.306. The standard InChI is InChI=1S/C20H23N3O3/c1-3-22(17-9-11-18(26-2)12-10-17)20(25)21-15-13-19(24)23(14-15)16-7-5-4-6-8-16/h4-12,15H,3,13-14H2,1-2H3,(H,21,25)/t15-/m0/s1. The first-order valence-electron chi connectivity index (χ1n) is 8.70. The van der Waals surface area contributed by atoms with Crippen molar-refractivity contribution in [2.24, 2.45) is 0 Å². The van der Waals surface area contributed by atoms with Crippen LogP contribution in [0.4, 0.5) is 16.2 Å². The molecule has 0 bridgehead atoms. The predicted octanol–water partition coefficient (Wildman–Crippen LogP) is 3.04. The summed E-state index contributed by atoms with van der Waals surface area (Å²) in [6.45, 7) is 2.93. The fourth-order valence-electron chi connectivity index (χ4n) is 3.12. The first-order chi connectivity index (χ1) is 12.6. The van der Waals surface area contributed by atoms with E-state index < -0.39 is 0 Å². The van der Waals surface area contributed by atoms with Gasteiger partial charge in [-0.25, -0.2) is 4.79 Å². The van der Waals surface area contributed by atoms with Crippen LogP contribution in [0.15, 0.2) is 54.6 Å². The molecule has 0 aliphatic carbocycles. The molecule has 6 nitrogen and oxygen atoms in total. The van der Waals surface area contributed by atoms with E-state index in [2.05, 4.69) is 5.32 Å². The maximum Gasteiger partial charge on any atom is 0.322 e. The molecule has 1 aliphatic heterocycles. The number of hydrogen-bond acceptors (Lipinski definition) is 3. The average Bonchev–Trinajstić information content (AvgIpc) is 3.03. The van der Waals surface area contributed by atoms with E-state index in [4.69, 9.17) is 4.74 Å². The molecule has 1 saturated heterocycles. The average molecular weight is 353 g/mol. The molecule has 2 aromatic rings. The van der Waals surface area contributed by atoms with E-state index in [1.54, 1.807) is 16.9 Å². The summed E-state index contributed by atoms with van der Waals surface area (Å²) < 4.78 is 5.15. The molecule has 3 amide bonds. The van der Waals surface area contributed by atoms with Crippen molar-refractivity contribution >= 4 is 23.3 Å². The van der Waals surface area contributed by atoms with Gasteiger partial charge in [0.2, 0.25) is 5.91 Å². The van der Waals surface area contributed by atoms with Gasteiger partial charge in [-0.05, 0) is 43.3 Å². The maximum atomic E-state index is 12.7. The summed E-state index contributed by atoms with van der Waals surface area (Å²) in [7, 11) is 1.61. The third-order valence-corrected chi connectivity index (χ3v) is 4.47. The van der Waals surface area contributed by atoms with Crippen LogP contribution < -0.4 is 19.9 Å². The molecular weight excluding hydrogens is 330 g/mol. The van der Waals surface area contributed by atoms with Crippen LogP contribution >= 0.6 is 0 Å². The number of carbonyl (C=O) groups is 2. The minimum Gasteiger partial charge on any atom is -0.497 e. The van der Waals surface area contributed by atoms with Gasteiger partial charge in [0.25, 0.3) is 0 Å². The molecule has 1 heterocycles. The smallest absolute Gasteiger partial charge is 0.322 e. The largest absolute Gasteiger partial charge is 0.497 e. The first kappa shape index (κ1) is 17.8. The van der Waals surface area contributed by atoms with E-state index in [9.17, 15) is 9.59 Å². The van der Waals surface area contributed by atoms with Gasteiger partial charge in [-0.15, -0.1) is 0 Å². The zero-order valence-corrected chi connectivity index (χ0v) is 15.0. The fraction of sp³-hybridized carbons (Fsp3) is 0.300. The van der Waals surface area contributed by atoms with Crippen LogP contribution in [0.5, 0.6) is 5.75 Å². The van der Waals surface area contributed by atoms with E-state index in [0.717, 1.165) is 17.1 Å². The van der Waals surface area contributed by atoms with Crippen LogP contribution in [0.25, 0.3) is 0 Å². The minimum atomic E-state index is -0.206. The van der Waals surface area contributed by atoms with Crippen molar-refractivity contribution in [1.29, 1.82) is 0 Å². The normalized spacial score (nSPS) is 16.5. The molecule has 1 N–H and O–H groups in total. The molecule has 26 heavy (non-hydrogen) atoms. The highest BCUT2D eigenvalue weighted by atomic mass is 16.5. The Morgan fingerprint density at radius 2 is 1.88 bits per heavy atom. The number of nitrogens with zero attached hydrogens (tertiary/aromatic N) is 2. The highest BCUT2D eigenvalue weighted by Crippen LogP contribution is 2.22. The number of para-hydroxylation sites is 1. The van der Waals surface area contributed by atoms with Crippen molar-refractivity contribution < 1.29 is 14.3 Å². The lowest BCUT2D eigenvalue weighted by Crippen LogP contribution is -2.46. The van der Waals surface area contributed by atoms with Crippen molar-refractivity contribution in [3.63, 3.8) is 0 Å². The molecule has 1 aliphatic rings. The lowest BCUT2D eigenvalue weighted by atomic mass is 10.2. The second-order valence-electron chi connectivity index (χ2n) is 6.13. The van der Waals surface area contributed by atoms with Crippen molar-refractivity contribution in [2.45, 2.75) is 19.4 Å². The second kappa shape index (κ2) is 7.91. The van der Waals surface area contributed by atoms with Gasteiger partial charge in [0.05, 0.1) is 13.2 Å². The number of methoxy groups -OCH3 is 1. The van der Waals surface area contributed by atoms with E-state index in [-0.39, 0.29) is 18.0 Å². The number of urea groups is 1. The molecule has 0 unspecified atom stereocenters. The molecule has 0 saturated carbocycles. The summed E-state index contributed by atoms with van der Waals surface area (Å²) in [6, 6.07) is 16.4. The quantitative estimate of drug-likeness (QED) is 0.899. The van der Waals surface area contributed by atoms with Gasteiger partial charge >= 0.3 is 6.03 Å².